The van der Waals surface area contributed by atoms with Crippen LogP contribution in [-0.2, 0) is 22.4 Å². The highest BCUT2D eigenvalue weighted by atomic mass is 16.4. The SMILES string of the molecule is CN(C)C(=O)CN(CCCCc1ccc2c(n1)NCCC2)CCC(N)C(=O)O. The molecule has 28 heavy (non-hydrogen) atoms. The number of hydrogen-bond donors (Lipinski definition) is 3. The zero-order valence-corrected chi connectivity index (χ0v) is 17.0. The Bertz CT molecular complexity index is 665. The van der Waals surface area contributed by atoms with Crippen molar-refractivity contribution in [3.63, 3.8) is 0 Å². The number of rotatable bonds is 11. The fraction of sp³-hybridized carbons (Fsp3) is 0.650. The number of likely N-dealkylation sites (N-methyl/N-ethyl adjacent to an activating group) is 1. The van der Waals surface area contributed by atoms with E-state index in [1.54, 1.807) is 19.0 Å². The lowest BCUT2D eigenvalue weighted by Gasteiger charge is -2.24. The molecule has 156 valence electrons. The van der Waals surface area contributed by atoms with Crippen LogP contribution in [0.5, 0.6) is 0 Å². The van der Waals surface area contributed by atoms with Crippen LogP contribution in [0.1, 0.15) is 36.9 Å². The van der Waals surface area contributed by atoms with Crippen molar-refractivity contribution >= 4 is 17.7 Å². The number of unbranched alkanes of at least 4 members (excludes halogenated alkanes) is 1. The van der Waals surface area contributed by atoms with Crippen molar-refractivity contribution in [1.82, 2.24) is 14.8 Å². The molecule has 1 aliphatic rings. The first-order valence-electron chi connectivity index (χ1n) is 10.0. The smallest absolute Gasteiger partial charge is 0.320 e. The van der Waals surface area contributed by atoms with E-state index in [9.17, 15) is 9.59 Å². The monoisotopic (exact) mass is 391 g/mol. The quantitative estimate of drug-likeness (QED) is 0.482. The van der Waals surface area contributed by atoms with E-state index in [1.165, 1.54) is 5.56 Å². The van der Waals surface area contributed by atoms with E-state index < -0.39 is 12.0 Å². The van der Waals surface area contributed by atoms with Crippen LogP contribution in [0.15, 0.2) is 12.1 Å². The standard InChI is InChI=1S/C20H33N5O3/c1-24(2)18(26)14-25(13-10-17(21)20(27)28)12-4-3-7-16-9-8-15-6-5-11-22-19(15)23-16/h8-9,17H,3-7,10-14,21H2,1-2H3,(H,22,23)(H,27,28). The fourth-order valence-corrected chi connectivity index (χ4v) is 3.20. The molecule has 1 amide bonds. The first-order valence-corrected chi connectivity index (χ1v) is 10.0. The van der Waals surface area contributed by atoms with E-state index in [0.717, 1.165) is 56.7 Å². The maximum absolute atomic E-state index is 12.0. The Kier molecular flexibility index (Phi) is 8.66. The van der Waals surface area contributed by atoms with E-state index >= 15 is 0 Å². The molecule has 0 radical (unpaired) electrons. The maximum Gasteiger partial charge on any atom is 0.320 e. The lowest BCUT2D eigenvalue weighted by molar-refractivity contribution is -0.138. The summed E-state index contributed by atoms with van der Waals surface area (Å²) in [6.45, 7) is 2.49. The van der Waals surface area contributed by atoms with Gasteiger partial charge in [0.25, 0.3) is 0 Å². The zero-order chi connectivity index (χ0) is 20.5. The molecule has 8 nitrogen and oxygen atoms in total. The van der Waals surface area contributed by atoms with E-state index in [2.05, 4.69) is 17.4 Å². The lowest BCUT2D eigenvalue weighted by atomic mass is 10.1. The molecule has 0 spiro atoms. The molecule has 1 atom stereocenters. The average Bonchev–Trinajstić information content (AvgIpc) is 2.68. The molecule has 0 saturated carbocycles. The van der Waals surface area contributed by atoms with Gasteiger partial charge in [0.1, 0.15) is 11.9 Å². The number of aryl methyl sites for hydroxylation is 2. The summed E-state index contributed by atoms with van der Waals surface area (Å²) in [7, 11) is 3.44. The molecular weight excluding hydrogens is 358 g/mol. The van der Waals surface area contributed by atoms with Crippen LogP contribution < -0.4 is 11.1 Å². The number of anilines is 1. The normalized spacial score (nSPS) is 14.3. The molecule has 1 unspecified atom stereocenters. The van der Waals surface area contributed by atoms with Crippen LogP contribution in [0.2, 0.25) is 0 Å². The van der Waals surface area contributed by atoms with Crippen molar-refractivity contribution < 1.29 is 14.7 Å². The average molecular weight is 392 g/mol. The molecule has 0 aliphatic carbocycles. The number of nitrogens with zero attached hydrogens (tertiary/aromatic N) is 3. The van der Waals surface area contributed by atoms with E-state index in [0.29, 0.717) is 13.0 Å². The largest absolute Gasteiger partial charge is 0.480 e. The van der Waals surface area contributed by atoms with Crippen molar-refractivity contribution in [2.45, 2.75) is 44.6 Å². The lowest BCUT2D eigenvalue weighted by Crippen LogP contribution is -2.40. The summed E-state index contributed by atoms with van der Waals surface area (Å²) in [4.78, 5) is 31.2. The molecule has 0 bridgehead atoms. The van der Waals surface area contributed by atoms with Gasteiger partial charge >= 0.3 is 5.97 Å². The van der Waals surface area contributed by atoms with Gasteiger partial charge in [-0.15, -0.1) is 0 Å². The highest BCUT2D eigenvalue weighted by Gasteiger charge is 2.17. The minimum atomic E-state index is -1.01. The number of carbonyl (C=O) groups excluding carboxylic acids is 1. The second kappa shape index (κ2) is 11.0. The Hall–Kier alpha value is -2.19. The van der Waals surface area contributed by atoms with Gasteiger partial charge in [-0.1, -0.05) is 6.07 Å². The Labute approximate surface area is 167 Å². The number of amides is 1. The van der Waals surface area contributed by atoms with Gasteiger partial charge in [-0.25, -0.2) is 4.98 Å². The summed E-state index contributed by atoms with van der Waals surface area (Å²) in [6, 6.07) is 3.37. The summed E-state index contributed by atoms with van der Waals surface area (Å²) in [6.07, 6.45) is 5.33. The highest BCUT2D eigenvalue weighted by molar-refractivity contribution is 5.77. The first-order chi connectivity index (χ1) is 13.4. The predicted molar refractivity (Wildman–Crippen MR) is 109 cm³/mol. The zero-order valence-electron chi connectivity index (χ0n) is 17.0. The molecule has 4 N–H and O–H groups in total. The predicted octanol–water partition coefficient (Wildman–Crippen LogP) is 0.955. The number of aliphatic carboxylic acids is 1. The number of hydrogen-bond acceptors (Lipinski definition) is 6. The second-order valence-corrected chi connectivity index (χ2v) is 7.60. The maximum atomic E-state index is 12.0. The van der Waals surface area contributed by atoms with E-state index in [-0.39, 0.29) is 12.5 Å². The third-order valence-corrected chi connectivity index (χ3v) is 5.04. The van der Waals surface area contributed by atoms with Crippen LogP contribution in [0.3, 0.4) is 0 Å². The number of carboxylic acid groups (broad SMARTS) is 1. The minimum absolute atomic E-state index is 0.00586. The van der Waals surface area contributed by atoms with Crippen LogP contribution in [0.25, 0.3) is 0 Å². The van der Waals surface area contributed by atoms with Gasteiger partial charge in [0.2, 0.25) is 5.91 Å². The molecule has 0 fully saturated rings. The van der Waals surface area contributed by atoms with Gasteiger partial charge in [-0.2, -0.15) is 0 Å². The van der Waals surface area contributed by atoms with Crippen LogP contribution in [-0.4, -0.2) is 78.1 Å². The Balaban J connectivity index is 1.80. The Morgan fingerprint density at radius 3 is 2.79 bits per heavy atom. The van der Waals surface area contributed by atoms with Gasteiger partial charge in [-0.3, -0.25) is 14.5 Å². The number of nitrogens with two attached hydrogens (primary N) is 1. The van der Waals surface area contributed by atoms with E-state index in [1.807, 2.05) is 4.90 Å². The minimum Gasteiger partial charge on any atom is -0.480 e. The molecule has 1 aromatic heterocycles. The number of pyridine rings is 1. The molecule has 1 aromatic rings. The van der Waals surface area contributed by atoms with Crippen molar-refractivity contribution in [2.75, 3.05) is 45.6 Å². The molecule has 2 heterocycles. The van der Waals surface area contributed by atoms with Crippen molar-refractivity contribution in [2.24, 2.45) is 5.73 Å². The molecule has 8 heteroatoms. The number of fused-ring (bicyclic) bond motifs is 1. The van der Waals surface area contributed by atoms with Crippen molar-refractivity contribution in [3.8, 4) is 0 Å². The van der Waals surface area contributed by atoms with Gasteiger partial charge in [0.05, 0.1) is 6.54 Å². The summed E-state index contributed by atoms with van der Waals surface area (Å²) in [5, 5.41) is 12.3. The summed E-state index contributed by atoms with van der Waals surface area (Å²) in [5.41, 5.74) is 7.98. The Morgan fingerprint density at radius 1 is 1.29 bits per heavy atom. The second-order valence-electron chi connectivity index (χ2n) is 7.60. The number of carboxylic acids is 1. The number of nitrogens with one attached hydrogen (secondary N) is 1. The third kappa shape index (κ3) is 7.09. The number of carbonyl (C=O) groups is 2. The van der Waals surface area contributed by atoms with Crippen LogP contribution >= 0.6 is 0 Å². The van der Waals surface area contributed by atoms with Crippen LogP contribution in [0, 0.1) is 0 Å². The molecule has 0 saturated heterocycles. The van der Waals surface area contributed by atoms with Gasteiger partial charge in [0, 0.05) is 32.9 Å². The van der Waals surface area contributed by atoms with Crippen molar-refractivity contribution in [1.29, 1.82) is 0 Å². The van der Waals surface area contributed by atoms with Gasteiger partial charge in [-0.05, 0) is 56.7 Å². The Morgan fingerprint density at radius 2 is 2.07 bits per heavy atom. The van der Waals surface area contributed by atoms with Crippen molar-refractivity contribution in [3.05, 3.63) is 23.4 Å². The summed E-state index contributed by atoms with van der Waals surface area (Å²) < 4.78 is 0. The topological polar surface area (TPSA) is 112 Å². The molecular formula is C20H33N5O3. The third-order valence-electron chi connectivity index (χ3n) is 5.04. The molecule has 2 rings (SSSR count). The summed E-state index contributed by atoms with van der Waals surface area (Å²) in [5.74, 6) is 0.0157. The van der Waals surface area contributed by atoms with Gasteiger partial charge in [0.15, 0.2) is 0 Å². The molecule has 1 aliphatic heterocycles. The first kappa shape index (κ1) is 22.1. The van der Waals surface area contributed by atoms with Crippen LogP contribution in [0.4, 0.5) is 5.82 Å². The highest BCUT2D eigenvalue weighted by Crippen LogP contribution is 2.20. The van der Waals surface area contributed by atoms with Gasteiger partial charge < -0.3 is 21.1 Å². The fourth-order valence-electron chi connectivity index (χ4n) is 3.20. The molecule has 0 aromatic carbocycles. The number of aromatic nitrogens is 1. The van der Waals surface area contributed by atoms with E-state index in [4.69, 9.17) is 15.8 Å². The summed E-state index contributed by atoms with van der Waals surface area (Å²) >= 11 is 0.